The molecule has 0 aliphatic rings. The number of aromatic nitrogens is 3. The molecule has 0 aliphatic carbocycles. The van der Waals surface area contributed by atoms with Gasteiger partial charge in [-0.2, -0.15) is 5.10 Å². The largest absolute Gasteiger partial charge is 0.356 e. The molecule has 0 saturated heterocycles. The highest BCUT2D eigenvalue weighted by molar-refractivity contribution is 9.10. The fraction of sp³-hybridized carbons (Fsp3) is 0.300. The summed E-state index contributed by atoms with van der Waals surface area (Å²) in [5.41, 5.74) is 3.57. The molecule has 0 aliphatic heterocycles. The van der Waals surface area contributed by atoms with Crippen molar-refractivity contribution in [2.24, 2.45) is 12.0 Å². The quantitative estimate of drug-likeness (QED) is 0.484. The Morgan fingerprint density at radius 3 is 2.67 bits per heavy atom. The van der Waals surface area contributed by atoms with Crippen LogP contribution in [0.15, 0.2) is 64.5 Å². The maximum atomic E-state index is 4.40. The van der Waals surface area contributed by atoms with Gasteiger partial charge in [-0.3, -0.25) is 4.99 Å². The van der Waals surface area contributed by atoms with Crippen LogP contribution in [-0.4, -0.2) is 45.8 Å². The van der Waals surface area contributed by atoms with E-state index in [0.717, 1.165) is 35.6 Å². The van der Waals surface area contributed by atoms with Gasteiger partial charge in [0.1, 0.15) is 0 Å². The van der Waals surface area contributed by atoms with E-state index in [4.69, 9.17) is 0 Å². The molecule has 0 spiro atoms. The molecule has 7 heteroatoms. The standard InChI is InChI=1S/C20H25BrN6/c1-22-20(26(3)15-19-13-17(21)14-25(19)2)23-11-9-16-5-7-18(8-6-16)27-12-4-10-24-27/h4-8,10,12-14H,9,11,15H2,1-3H3,(H,22,23). The predicted molar refractivity (Wildman–Crippen MR) is 113 cm³/mol. The van der Waals surface area contributed by atoms with Gasteiger partial charge in [-0.25, -0.2) is 4.68 Å². The normalized spacial score (nSPS) is 11.6. The van der Waals surface area contributed by atoms with Gasteiger partial charge in [-0.05, 0) is 52.2 Å². The highest BCUT2D eigenvalue weighted by Crippen LogP contribution is 2.15. The third-order valence-electron chi connectivity index (χ3n) is 4.45. The molecule has 2 aromatic heterocycles. The van der Waals surface area contributed by atoms with E-state index >= 15 is 0 Å². The number of benzene rings is 1. The first-order valence-electron chi connectivity index (χ1n) is 8.88. The molecule has 0 unspecified atom stereocenters. The molecule has 0 fully saturated rings. The molecule has 142 valence electrons. The summed E-state index contributed by atoms with van der Waals surface area (Å²) in [5, 5.41) is 7.70. The van der Waals surface area contributed by atoms with Gasteiger partial charge >= 0.3 is 0 Å². The Hall–Kier alpha value is -2.54. The van der Waals surface area contributed by atoms with E-state index in [-0.39, 0.29) is 0 Å². The molecule has 1 N–H and O–H groups in total. The van der Waals surface area contributed by atoms with Crippen LogP contribution in [0.4, 0.5) is 0 Å². The van der Waals surface area contributed by atoms with Gasteiger partial charge in [-0.15, -0.1) is 0 Å². The van der Waals surface area contributed by atoms with E-state index in [1.54, 1.807) is 6.20 Å². The van der Waals surface area contributed by atoms with Crippen LogP contribution in [0.2, 0.25) is 0 Å². The molecule has 3 aromatic rings. The Morgan fingerprint density at radius 1 is 1.30 bits per heavy atom. The smallest absolute Gasteiger partial charge is 0.193 e. The number of aliphatic imine (C=N–C) groups is 1. The average molecular weight is 429 g/mol. The van der Waals surface area contributed by atoms with E-state index in [1.807, 2.05) is 24.0 Å². The fourth-order valence-electron chi connectivity index (χ4n) is 2.98. The summed E-state index contributed by atoms with van der Waals surface area (Å²) in [7, 11) is 5.92. The first-order valence-corrected chi connectivity index (χ1v) is 9.67. The van der Waals surface area contributed by atoms with Crippen molar-refractivity contribution in [1.82, 2.24) is 24.6 Å². The highest BCUT2D eigenvalue weighted by Gasteiger charge is 2.09. The average Bonchev–Trinajstić information content (AvgIpc) is 3.29. The number of halogens is 1. The minimum absolute atomic E-state index is 0.792. The second-order valence-corrected chi connectivity index (χ2v) is 7.37. The lowest BCUT2D eigenvalue weighted by Gasteiger charge is -2.22. The molecule has 1 aromatic carbocycles. The van der Waals surface area contributed by atoms with Crippen LogP contribution in [0.5, 0.6) is 0 Å². The molecule has 0 atom stereocenters. The molecule has 0 saturated carbocycles. The number of nitrogens with one attached hydrogen (secondary N) is 1. The fourth-order valence-corrected chi connectivity index (χ4v) is 3.55. The van der Waals surface area contributed by atoms with Crippen LogP contribution in [0, 0.1) is 0 Å². The van der Waals surface area contributed by atoms with E-state index in [9.17, 15) is 0 Å². The highest BCUT2D eigenvalue weighted by atomic mass is 79.9. The minimum Gasteiger partial charge on any atom is -0.356 e. The van der Waals surface area contributed by atoms with Crippen molar-refractivity contribution in [1.29, 1.82) is 0 Å². The SMILES string of the molecule is CN=C(NCCc1ccc(-n2cccn2)cc1)N(C)Cc1cc(Br)cn1C. The summed E-state index contributed by atoms with van der Waals surface area (Å²) in [6.45, 7) is 1.62. The van der Waals surface area contributed by atoms with Gasteiger partial charge in [0.05, 0.1) is 12.2 Å². The number of guanidine groups is 1. The second kappa shape index (κ2) is 8.90. The van der Waals surface area contributed by atoms with Gasteiger partial charge in [0, 0.05) is 56.4 Å². The molecule has 0 radical (unpaired) electrons. The van der Waals surface area contributed by atoms with Crippen molar-refractivity contribution < 1.29 is 0 Å². The van der Waals surface area contributed by atoms with Crippen LogP contribution in [-0.2, 0) is 20.0 Å². The predicted octanol–water partition coefficient (Wildman–Crippen LogP) is 3.22. The molecule has 27 heavy (non-hydrogen) atoms. The first-order chi connectivity index (χ1) is 13.1. The van der Waals surface area contributed by atoms with Crippen LogP contribution in [0.3, 0.4) is 0 Å². The van der Waals surface area contributed by atoms with Crippen molar-refractivity contribution in [3.8, 4) is 5.69 Å². The van der Waals surface area contributed by atoms with Gasteiger partial charge in [-0.1, -0.05) is 12.1 Å². The van der Waals surface area contributed by atoms with Crippen LogP contribution in [0.1, 0.15) is 11.3 Å². The number of aryl methyl sites for hydroxylation is 1. The summed E-state index contributed by atoms with van der Waals surface area (Å²) in [4.78, 5) is 6.53. The summed E-state index contributed by atoms with van der Waals surface area (Å²) in [6.07, 6.45) is 6.73. The summed E-state index contributed by atoms with van der Waals surface area (Å²) < 4.78 is 5.07. The zero-order valence-corrected chi connectivity index (χ0v) is 17.5. The molecule has 2 heterocycles. The Kier molecular flexibility index (Phi) is 6.34. The number of rotatable bonds is 6. The van der Waals surface area contributed by atoms with Crippen LogP contribution in [0.25, 0.3) is 5.69 Å². The second-order valence-electron chi connectivity index (χ2n) is 6.46. The van der Waals surface area contributed by atoms with Crippen LogP contribution < -0.4 is 5.32 Å². The number of hydrogen-bond acceptors (Lipinski definition) is 2. The third kappa shape index (κ3) is 5.01. The number of hydrogen-bond donors (Lipinski definition) is 1. The van der Waals surface area contributed by atoms with Crippen molar-refractivity contribution >= 4 is 21.9 Å². The molecular formula is C20H25BrN6. The van der Waals surface area contributed by atoms with E-state index in [2.05, 4.69) is 91.4 Å². The van der Waals surface area contributed by atoms with Gasteiger partial charge in [0.2, 0.25) is 0 Å². The Labute approximate surface area is 168 Å². The Morgan fingerprint density at radius 2 is 2.07 bits per heavy atom. The van der Waals surface area contributed by atoms with Crippen molar-refractivity contribution in [3.63, 3.8) is 0 Å². The topological polar surface area (TPSA) is 50.4 Å². The molecule has 0 amide bonds. The van der Waals surface area contributed by atoms with Crippen molar-refractivity contribution in [3.05, 3.63) is 70.7 Å². The van der Waals surface area contributed by atoms with Gasteiger partial charge < -0.3 is 14.8 Å². The van der Waals surface area contributed by atoms with E-state index in [0.29, 0.717) is 0 Å². The zero-order chi connectivity index (χ0) is 19.2. The van der Waals surface area contributed by atoms with Crippen molar-refractivity contribution in [2.75, 3.05) is 20.6 Å². The lowest BCUT2D eigenvalue weighted by atomic mass is 10.1. The molecule has 0 bridgehead atoms. The lowest BCUT2D eigenvalue weighted by Crippen LogP contribution is -2.39. The van der Waals surface area contributed by atoms with Gasteiger partial charge in [0.15, 0.2) is 5.96 Å². The van der Waals surface area contributed by atoms with Gasteiger partial charge in [0.25, 0.3) is 0 Å². The van der Waals surface area contributed by atoms with E-state index in [1.165, 1.54) is 11.3 Å². The Balaban J connectivity index is 1.51. The minimum atomic E-state index is 0.792. The molecule has 6 nitrogen and oxygen atoms in total. The van der Waals surface area contributed by atoms with Crippen molar-refractivity contribution in [2.45, 2.75) is 13.0 Å². The molecule has 3 rings (SSSR count). The summed E-state index contributed by atoms with van der Waals surface area (Å²) in [5.74, 6) is 0.889. The number of nitrogens with zero attached hydrogens (tertiary/aromatic N) is 5. The third-order valence-corrected chi connectivity index (χ3v) is 4.88. The maximum absolute atomic E-state index is 4.40. The zero-order valence-electron chi connectivity index (χ0n) is 15.9. The molecular weight excluding hydrogens is 404 g/mol. The summed E-state index contributed by atoms with van der Waals surface area (Å²) >= 11 is 3.52. The summed E-state index contributed by atoms with van der Waals surface area (Å²) in [6, 6.07) is 12.5. The lowest BCUT2D eigenvalue weighted by molar-refractivity contribution is 0.462. The monoisotopic (exact) mass is 428 g/mol. The maximum Gasteiger partial charge on any atom is 0.193 e. The van der Waals surface area contributed by atoms with Crippen LogP contribution >= 0.6 is 15.9 Å². The first kappa shape index (κ1) is 19.2. The van der Waals surface area contributed by atoms with E-state index < -0.39 is 0 Å². The Bertz CT molecular complexity index is 880.